The van der Waals surface area contributed by atoms with Gasteiger partial charge in [0.2, 0.25) is 5.91 Å². The smallest absolute Gasteiger partial charge is 0.241 e. The molecule has 0 bridgehead atoms. The first kappa shape index (κ1) is 14.5. The van der Waals surface area contributed by atoms with Crippen LogP contribution in [0.5, 0.6) is 0 Å². The summed E-state index contributed by atoms with van der Waals surface area (Å²) in [5, 5.41) is 6.83. The van der Waals surface area contributed by atoms with Crippen molar-refractivity contribution in [3.63, 3.8) is 0 Å². The largest absolute Gasteiger partial charge is 0.396 e. The van der Waals surface area contributed by atoms with E-state index in [1.54, 1.807) is 6.20 Å². The van der Waals surface area contributed by atoms with Gasteiger partial charge in [-0.1, -0.05) is 6.92 Å². The number of anilines is 1. The van der Waals surface area contributed by atoms with E-state index in [1.807, 2.05) is 0 Å². The van der Waals surface area contributed by atoms with Crippen LogP contribution in [0.15, 0.2) is 12.4 Å². The maximum atomic E-state index is 11.6. The lowest BCUT2D eigenvalue weighted by atomic mass is 10.2. The predicted octanol–water partition coefficient (Wildman–Crippen LogP) is 0.312. The molecule has 1 atom stereocenters. The monoisotopic (exact) mass is 253 g/mol. The Morgan fingerprint density at radius 1 is 1.67 bits per heavy atom. The number of nitrogen functional groups attached to an aromatic ring is 1. The number of carbonyl (C=O) groups excluding carboxylic acids is 1. The number of nitrogens with one attached hydrogen (secondary N) is 1. The summed E-state index contributed by atoms with van der Waals surface area (Å²) in [4.78, 5) is 13.8. The Kier molecular flexibility index (Phi) is 5.64. The zero-order chi connectivity index (χ0) is 13.5. The maximum Gasteiger partial charge on any atom is 0.241 e. The number of likely N-dealkylation sites (N-methyl/N-ethyl adjacent to an activating group) is 1. The van der Waals surface area contributed by atoms with Crippen LogP contribution in [0.2, 0.25) is 0 Å². The first-order chi connectivity index (χ1) is 8.52. The van der Waals surface area contributed by atoms with Crippen LogP contribution in [0.4, 0.5) is 5.69 Å². The number of hydrogen-bond donors (Lipinski definition) is 2. The molecule has 0 aliphatic heterocycles. The van der Waals surface area contributed by atoms with Crippen LogP contribution in [0.1, 0.15) is 20.3 Å². The Labute approximate surface area is 108 Å². The second kappa shape index (κ2) is 7.00. The Morgan fingerprint density at radius 3 is 2.94 bits per heavy atom. The van der Waals surface area contributed by atoms with Gasteiger partial charge in [-0.15, -0.1) is 0 Å². The van der Waals surface area contributed by atoms with Crippen molar-refractivity contribution >= 4 is 11.6 Å². The van der Waals surface area contributed by atoms with Crippen molar-refractivity contribution in [1.29, 1.82) is 0 Å². The molecule has 1 heterocycles. The van der Waals surface area contributed by atoms with Crippen molar-refractivity contribution in [2.75, 3.05) is 25.9 Å². The average molecular weight is 253 g/mol. The van der Waals surface area contributed by atoms with Crippen LogP contribution in [-0.4, -0.2) is 46.8 Å². The van der Waals surface area contributed by atoms with E-state index in [2.05, 4.69) is 36.2 Å². The van der Waals surface area contributed by atoms with E-state index in [0.717, 1.165) is 13.0 Å². The molecule has 0 aromatic carbocycles. The molecule has 0 spiro atoms. The molecule has 0 aliphatic rings. The SMILES string of the molecule is CCC(C)N(C)CCNC(=O)Cn1cc(N)cn1. The Bertz CT molecular complexity index is 376. The minimum absolute atomic E-state index is 0.0457. The highest BCUT2D eigenvalue weighted by Gasteiger charge is 2.07. The number of hydrogen-bond acceptors (Lipinski definition) is 4. The summed E-state index contributed by atoms with van der Waals surface area (Å²) in [6.45, 7) is 6.04. The third kappa shape index (κ3) is 4.75. The van der Waals surface area contributed by atoms with Gasteiger partial charge in [-0.2, -0.15) is 5.10 Å². The summed E-state index contributed by atoms with van der Waals surface area (Å²) in [5.41, 5.74) is 6.09. The van der Waals surface area contributed by atoms with E-state index in [-0.39, 0.29) is 12.5 Å². The van der Waals surface area contributed by atoms with E-state index < -0.39 is 0 Å². The van der Waals surface area contributed by atoms with E-state index in [4.69, 9.17) is 5.73 Å². The molecule has 0 aliphatic carbocycles. The van der Waals surface area contributed by atoms with Crippen LogP contribution in [-0.2, 0) is 11.3 Å². The molecule has 1 aromatic rings. The van der Waals surface area contributed by atoms with Gasteiger partial charge in [-0.25, -0.2) is 0 Å². The van der Waals surface area contributed by atoms with Gasteiger partial charge < -0.3 is 16.0 Å². The van der Waals surface area contributed by atoms with Crippen LogP contribution >= 0.6 is 0 Å². The highest BCUT2D eigenvalue weighted by atomic mass is 16.2. The van der Waals surface area contributed by atoms with E-state index in [9.17, 15) is 4.79 Å². The molecule has 0 radical (unpaired) electrons. The van der Waals surface area contributed by atoms with Crippen molar-refractivity contribution in [2.45, 2.75) is 32.9 Å². The van der Waals surface area contributed by atoms with Gasteiger partial charge in [0.05, 0.1) is 11.9 Å². The standard InChI is InChI=1S/C12H23N5O/c1-4-10(2)16(3)6-5-14-12(18)9-17-8-11(13)7-15-17/h7-8,10H,4-6,9,13H2,1-3H3,(H,14,18). The molecule has 6 nitrogen and oxygen atoms in total. The molecule has 1 unspecified atom stereocenters. The summed E-state index contributed by atoms with van der Waals surface area (Å²) < 4.78 is 1.53. The summed E-state index contributed by atoms with van der Waals surface area (Å²) >= 11 is 0. The fourth-order valence-electron chi connectivity index (χ4n) is 1.57. The lowest BCUT2D eigenvalue weighted by Gasteiger charge is -2.23. The van der Waals surface area contributed by atoms with Crippen LogP contribution in [0.25, 0.3) is 0 Å². The zero-order valence-corrected chi connectivity index (χ0v) is 11.4. The fraction of sp³-hybridized carbons (Fsp3) is 0.667. The Balaban J connectivity index is 2.21. The van der Waals surface area contributed by atoms with Gasteiger partial charge in [0.15, 0.2) is 0 Å². The summed E-state index contributed by atoms with van der Waals surface area (Å²) in [5.74, 6) is -0.0457. The molecule has 1 rings (SSSR count). The second-order valence-corrected chi connectivity index (χ2v) is 4.56. The first-order valence-corrected chi connectivity index (χ1v) is 6.27. The zero-order valence-electron chi connectivity index (χ0n) is 11.4. The lowest BCUT2D eigenvalue weighted by Crippen LogP contribution is -2.38. The van der Waals surface area contributed by atoms with Crippen LogP contribution < -0.4 is 11.1 Å². The van der Waals surface area contributed by atoms with Crippen molar-refractivity contribution in [2.24, 2.45) is 0 Å². The second-order valence-electron chi connectivity index (χ2n) is 4.56. The van der Waals surface area contributed by atoms with Gasteiger partial charge in [0.1, 0.15) is 6.54 Å². The average Bonchev–Trinajstić information content (AvgIpc) is 2.73. The summed E-state index contributed by atoms with van der Waals surface area (Å²) in [7, 11) is 2.06. The van der Waals surface area contributed by atoms with Crippen molar-refractivity contribution < 1.29 is 4.79 Å². The third-order valence-corrected chi connectivity index (χ3v) is 3.09. The van der Waals surface area contributed by atoms with E-state index >= 15 is 0 Å². The van der Waals surface area contributed by atoms with Gasteiger partial charge >= 0.3 is 0 Å². The van der Waals surface area contributed by atoms with Crippen molar-refractivity contribution in [3.05, 3.63) is 12.4 Å². The summed E-state index contributed by atoms with van der Waals surface area (Å²) in [6, 6.07) is 0.535. The number of nitrogens with two attached hydrogens (primary N) is 1. The minimum atomic E-state index is -0.0457. The molecule has 1 amide bonds. The molecule has 1 aromatic heterocycles. The van der Waals surface area contributed by atoms with Gasteiger partial charge in [-0.05, 0) is 20.4 Å². The molecule has 18 heavy (non-hydrogen) atoms. The van der Waals surface area contributed by atoms with Crippen molar-refractivity contribution in [1.82, 2.24) is 20.0 Å². The highest BCUT2D eigenvalue weighted by molar-refractivity contribution is 5.75. The minimum Gasteiger partial charge on any atom is -0.396 e. The first-order valence-electron chi connectivity index (χ1n) is 6.27. The molecule has 3 N–H and O–H groups in total. The Morgan fingerprint density at radius 2 is 2.39 bits per heavy atom. The number of rotatable bonds is 7. The van der Waals surface area contributed by atoms with Crippen LogP contribution in [0, 0.1) is 0 Å². The molecular formula is C12H23N5O. The fourth-order valence-corrected chi connectivity index (χ4v) is 1.57. The lowest BCUT2D eigenvalue weighted by molar-refractivity contribution is -0.121. The summed E-state index contributed by atoms with van der Waals surface area (Å²) in [6.07, 6.45) is 4.28. The van der Waals surface area contributed by atoms with Crippen molar-refractivity contribution in [3.8, 4) is 0 Å². The van der Waals surface area contributed by atoms with Crippen LogP contribution in [0.3, 0.4) is 0 Å². The molecule has 0 saturated heterocycles. The quantitative estimate of drug-likeness (QED) is 0.733. The van der Waals surface area contributed by atoms with Gasteiger partial charge in [-0.3, -0.25) is 9.48 Å². The van der Waals surface area contributed by atoms with Gasteiger partial charge in [0.25, 0.3) is 0 Å². The molecular weight excluding hydrogens is 230 g/mol. The normalized spacial score (nSPS) is 12.7. The number of amides is 1. The molecule has 0 saturated carbocycles. The molecule has 102 valence electrons. The predicted molar refractivity (Wildman–Crippen MR) is 72.0 cm³/mol. The number of carbonyl (C=O) groups is 1. The third-order valence-electron chi connectivity index (χ3n) is 3.09. The molecule has 6 heteroatoms. The Hall–Kier alpha value is -1.56. The number of nitrogens with zero attached hydrogens (tertiary/aromatic N) is 3. The highest BCUT2D eigenvalue weighted by Crippen LogP contribution is 1.99. The maximum absolute atomic E-state index is 11.6. The topological polar surface area (TPSA) is 76.2 Å². The van der Waals surface area contributed by atoms with Gasteiger partial charge in [0, 0.05) is 25.3 Å². The molecule has 0 fully saturated rings. The van der Waals surface area contributed by atoms with E-state index in [0.29, 0.717) is 18.3 Å². The van der Waals surface area contributed by atoms with E-state index in [1.165, 1.54) is 10.9 Å². The number of aromatic nitrogens is 2.